The summed E-state index contributed by atoms with van der Waals surface area (Å²) >= 11 is 0. The zero-order chi connectivity index (χ0) is 12.4. The van der Waals surface area contributed by atoms with E-state index < -0.39 is 15.6 Å². The quantitative estimate of drug-likeness (QED) is 0.286. The summed E-state index contributed by atoms with van der Waals surface area (Å²) in [5.41, 5.74) is 4.78. The molecule has 0 unspecified atom stereocenters. The fourth-order valence-corrected chi connectivity index (χ4v) is 0. The van der Waals surface area contributed by atoms with Crippen molar-refractivity contribution in [2.24, 2.45) is 5.73 Å². The van der Waals surface area contributed by atoms with Gasteiger partial charge < -0.3 is 49.3 Å². The van der Waals surface area contributed by atoms with E-state index in [0.717, 1.165) is 0 Å². The van der Waals surface area contributed by atoms with Gasteiger partial charge in [-0.3, -0.25) is 0 Å². The fraction of sp³-hybridized carbons (Fsp3) is 1.00. The molecule has 15 heteroatoms. The van der Waals surface area contributed by atoms with Crippen molar-refractivity contribution in [1.29, 1.82) is 0 Å². The van der Waals surface area contributed by atoms with Gasteiger partial charge in [0.25, 0.3) is 0 Å². The van der Waals surface area contributed by atoms with Crippen LogP contribution in [0.25, 0.3) is 0 Å². The van der Waals surface area contributed by atoms with E-state index in [1.54, 1.807) is 0 Å². The number of hydrogen-bond donors (Lipinski definition) is 2. The van der Waals surface area contributed by atoms with Crippen LogP contribution in [0.3, 0.4) is 0 Å². The average molecular weight is 447 g/mol. The zero-order valence-corrected chi connectivity index (χ0v) is 19.4. The average Bonchev–Trinajstić information content (AvgIpc) is 1.79. The molecular formula is C2H7NO9P2Zn3. The van der Waals surface area contributed by atoms with Gasteiger partial charge in [0.15, 0.2) is 0 Å². The number of phosphoric acid groups is 2. The maximum absolute atomic E-state index is 8.55. The van der Waals surface area contributed by atoms with Crippen LogP contribution in [0.4, 0.5) is 0 Å². The van der Waals surface area contributed by atoms with Gasteiger partial charge in [-0.25, -0.2) is 0 Å². The molecule has 0 rings (SSSR count). The van der Waals surface area contributed by atoms with Gasteiger partial charge in [0, 0.05) is 6.54 Å². The third-order valence-corrected chi connectivity index (χ3v) is 0.129. The van der Waals surface area contributed by atoms with Crippen LogP contribution in [-0.2, 0) is 67.6 Å². The van der Waals surface area contributed by atoms with Gasteiger partial charge in [0.1, 0.15) is 0 Å². The number of aliphatic hydroxyl groups is 1. The van der Waals surface area contributed by atoms with Gasteiger partial charge in [-0.2, -0.15) is 15.6 Å². The molecule has 0 spiro atoms. The molecule has 0 aliphatic carbocycles. The van der Waals surface area contributed by atoms with E-state index in [9.17, 15) is 0 Å². The molecule has 0 saturated carbocycles. The molecule has 0 heterocycles. The molecule has 17 heavy (non-hydrogen) atoms. The first-order chi connectivity index (χ1) is 5.91. The minimum atomic E-state index is -5.39. The summed E-state index contributed by atoms with van der Waals surface area (Å²) in [7, 11) is -10.8. The Morgan fingerprint density at radius 2 is 0.882 bits per heavy atom. The normalized spacial score (nSPS) is 8.71. The van der Waals surface area contributed by atoms with E-state index in [4.69, 9.17) is 49.3 Å². The predicted octanol–water partition coefficient (Wildman–Crippen LogP) is -6.72. The Morgan fingerprint density at radius 3 is 0.882 bits per heavy atom. The topological polar surface area (TPSA) is 219 Å². The van der Waals surface area contributed by atoms with Crippen molar-refractivity contribution in [3.63, 3.8) is 0 Å². The molecule has 0 bridgehead atoms. The largest absolute Gasteiger partial charge is 2.00 e. The van der Waals surface area contributed by atoms with Crippen LogP contribution in [0.15, 0.2) is 0 Å². The molecule has 0 aromatic carbocycles. The van der Waals surface area contributed by atoms with Gasteiger partial charge in [-0.05, 0) is 0 Å². The third-order valence-electron chi connectivity index (χ3n) is 0.129. The van der Waals surface area contributed by atoms with Gasteiger partial charge in [0.05, 0.1) is 6.61 Å². The molecule has 0 aromatic heterocycles. The molecular weight excluding hydrogens is 440 g/mol. The van der Waals surface area contributed by atoms with E-state index >= 15 is 0 Å². The molecule has 0 radical (unpaired) electrons. The first-order valence-corrected chi connectivity index (χ1v) is 5.61. The summed E-state index contributed by atoms with van der Waals surface area (Å²) in [4.78, 5) is 51.3. The van der Waals surface area contributed by atoms with E-state index in [2.05, 4.69) is 0 Å². The standard InChI is InChI=1S/C2H7NO.2H3O4P.3Zn/c3-1-2-4;2*1-5(2,3)4;;;/h4H,1-3H2;2*(H3,1,2,3,4);;;/q;;;3*+2/p-6. The third kappa shape index (κ3) is 509. The molecule has 0 amide bonds. The van der Waals surface area contributed by atoms with Gasteiger partial charge >= 0.3 is 58.4 Å². The zero-order valence-electron chi connectivity index (χ0n) is 8.72. The van der Waals surface area contributed by atoms with Crippen LogP contribution in [0, 0.1) is 0 Å². The van der Waals surface area contributed by atoms with Gasteiger partial charge in [-0.1, -0.05) is 0 Å². The Morgan fingerprint density at radius 1 is 0.824 bits per heavy atom. The van der Waals surface area contributed by atoms with Crippen molar-refractivity contribution in [3.8, 4) is 0 Å². The van der Waals surface area contributed by atoms with Crippen molar-refractivity contribution >= 4 is 15.6 Å². The summed E-state index contributed by atoms with van der Waals surface area (Å²) in [5, 5.41) is 7.75. The molecule has 0 aliphatic rings. The van der Waals surface area contributed by atoms with Crippen molar-refractivity contribution < 1.29 is 102 Å². The first kappa shape index (κ1) is 36.4. The second kappa shape index (κ2) is 20.3. The molecule has 90 valence electrons. The van der Waals surface area contributed by atoms with Crippen LogP contribution in [0.5, 0.6) is 0 Å². The van der Waals surface area contributed by atoms with Crippen molar-refractivity contribution in [2.45, 2.75) is 0 Å². The Balaban J connectivity index is -0.0000000247. The Bertz CT molecular complexity index is 166. The van der Waals surface area contributed by atoms with Crippen molar-refractivity contribution in [3.05, 3.63) is 0 Å². The fourth-order valence-electron chi connectivity index (χ4n) is 0. The van der Waals surface area contributed by atoms with Crippen molar-refractivity contribution in [2.75, 3.05) is 13.2 Å². The SMILES string of the molecule is NCCO.O=P([O-])([O-])[O-].O=P([O-])([O-])[O-].[Zn+2].[Zn+2].[Zn+2]. The second-order valence-electron chi connectivity index (χ2n) is 1.41. The van der Waals surface area contributed by atoms with Gasteiger partial charge in [-0.15, -0.1) is 0 Å². The Kier molecular flexibility index (Phi) is 43.6. The second-order valence-corrected chi connectivity index (χ2v) is 3.20. The molecule has 0 atom stereocenters. The first-order valence-electron chi connectivity index (χ1n) is 2.69. The molecule has 3 N–H and O–H groups in total. The van der Waals surface area contributed by atoms with Crippen LogP contribution in [-0.4, -0.2) is 18.3 Å². The van der Waals surface area contributed by atoms with E-state index in [1.165, 1.54) is 0 Å². The Labute approximate surface area is 136 Å². The number of hydrogen-bond acceptors (Lipinski definition) is 10. The van der Waals surface area contributed by atoms with Crippen LogP contribution in [0.1, 0.15) is 0 Å². The molecule has 0 saturated heterocycles. The summed E-state index contributed by atoms with van der Waals surface area (Å²) in [6.07, 6.45) is 0. The number of aliphatic hydroxyl groups excluding tert-OH is 1. The van der Waals surface area contributed by atoms with Crippen molar-refractivity contribution in [1.82, 2.24) is 0 Å². The summed E-state index contributed by atoms with van der Waals surface area (Å²) in [6, 6.07) is 0. The summed E-state index contributed by atoms with van der Waals surface area (Å²) in [5.74, 6) is 0. The minimum absolute atomic E-state index is 0. The summed E-state index contributed by atoms with van der Waals surface area (Å²) in [6.45, 7) is 0.472. The molecule has 0 aliphatic heterocycles. The van der Waals surface area contributed by atoms with Crippen LogP contribution in [0.2, 0.25) is 0 Å². The number of rotatable bonds is 1. The van der Waals surface area contributed by atoms with Crippen LogP contribution < -0.4 is 35.1 Å². The predicted molar refractivity (Wildman–Crippen MR) is 31.4 cm³/mol. The number of nitrogens with two attached hydrogens (primary N) is 1. The van der Waals surface area contributed by atoms with Crippen LogP contribution >= 0.6 is 15.6 Å². The maximum atomic E-state index is 8.55. The maximum Gasteiger partial charge on any atom is 2.00 e. The molecule has 0 aromatic rings. The smallest absolute Gasteiger partial charge is 0.822 e. The monoisotopic (exact) mass is 443 g/mol. The molecule has 0 fully saturated rings. The minimum Gasteiger partial charge on any atom is -0.822 e. The van der Waals surface area contributed by atoms with E-state index in [1.807, 2.05) is 0 Å². The summed E-state index contributed by atoms with van der Waals surface area (Å²) < 4.78 is 17.1. The van der Waals surface area contributed by atoms with Gasteiger partial charge in [0.2, 0.25) is 0 Å². The van der Waals surface area contributed by atoms with E-state index in [-0.39, 0.29) is 65.0 Å². The Hall–Kier alpha value is 2.01. The van der Waals surface area contributed by atoms with E-state index in [0.29, 0.717) is 6.54 Å². The molecule has 10 nitrogen and oxygen atoms in total.